The van der Waals surface area contributed by atoms with Crippen LogP contribution in [0.25, 0.3) is 11.3 Å². The van der Waals surface area contributed by atoms with E-state index in [9.17, 15) is 4.79 Å². The predicted octanol–water partition coefficient (Wildman–Crippen LogP) is 3.33. The van der Waals surface area contributed by atoms with Crippen LogP contribution in [0.4, 0.5) is 0 Å². The Balaban J connectivity index is 2.38. The average Bonchev–Trinajstić information content (AvgIpc) is 2.78. The summed E-state index contributed by atoms with van der Waals surface area (Å²) in [6.45, 7) is 0. The summed E-state index contributed by atoms with van der Waals surface area (Å²) >= 11 is 5.31. The van der Waals surface area contributed by atoms with Crippen molar-refractivity contribution in [1.29, 1.82) is 0 Å². The first-order valence-electron chi connectivity index (χ1n) is 4.65. The molecule has 0 aliphatic carbocycles. The fourth-order valence-electron chi connectivity index (χ4n) is 1.38. The van der Waals surface area contributed by atoms with Crippen molar-refractivity contribution in [2.75, 3.05) is 7.11 Å². The van der Waals surface area contributed by atoms with Crippen molar-refractivity contribution in [3.63, 3.8) is 0 Å². The molecule has 2 rings (SSSR count). The van der Waals surface area contributed by atoms with Gasteiger partial charge in [-0.15, -0.1) is 0 Å². The Labute approximate surface area is 97.6 Å². The summed E-state index contributed by atoms with van der Waals surface area (Å²) in [6.07, 6.45) is 0. The first-order chi connectivity index (χ1) is 7.70. The highest BCUT2D eigenvalue weighted by Crippen LogP contribution is 2.26. The molecular formula is C12H9ClO3. The van der Waals surface area contributed by atoms with Gasteiger partial charge in [-0.1, -0.05) is 12.1 Å². The second-order valence-electron chi connectivity index (χ2n) is 3.17. The summed E-state index contributed by atoms with van der Waals surface area (Å²) in [4.78, 5) is 10.9. The molecule has 1 aromatic carbocycles. The van der Waals surface area contributed by atoms with Gasteiger partial charge in [0.15, 0.2) is 5.76 Å². The van der Waals surface area contributed by atoms with Crippen molar-refractivity contribution in [3.05, 3.63) is 42.2 Å². The lowest BCUT2D eigenvalue weighted by atomic mass is 10.2. The van der Waals surface area contributed by atoms with E-state index in [0.717, 1.165) is 11.3 Å². The zero-order valence-corrected chi connectivity index (χ0v) is 9.32. The Morgan fingerprint density at radius 3 is 2.75 bits per heavy atom. The van der Waals surface area contributed by atoms with Crippen LogP contribution in [0, 0.1) is 0 Å². The molecule has 1 heterocycles. The Morgan fingerprint density at radius 1 is 1.31 bits per heavy atom. The Bertz CT molecular complexity index is 516. The molecule has 2 aromatic rings. The average molecular weight is 237 g/mol. The standard InChI is InChI=1S/C12H9ClO3/c1-15-9-4-2-3-8(7-9)10-5-6-11(16-10)12(13)14/h2-7H,1H3. The molecule has 0 atom stereocenters. The van der Waals surface area contributed by atoms with Crippen LogP contribution in [0.3, 0.4) is 0 Å². The molecule has 0 spiro atoms. The van der Waals surface area contributed by atoms with E-state index in [-0.39, 0.29) is 5.76 Å². The third-order valence-electron chi connectivity index (χ3n) is 2.15. The predicted molar refractivity (Wildman–Crippen MR) is 60.9 cm³/mol. The summed E-state index contributed by atoms with van der Waals surface area (Å²) in [5, 5.41) is -0.603. The Morgan fingerprint density at radius 2 is 2.12 bits per heavy atom. The minimum absolute atomic E-state index is 0.138. The first kappa shape index (κ1) is 10.8. The number of carbonyl (C=O) groups is 1. The van der Waals surface area contributed by atoms with Crippen LogP contribution >= 0.6 is 11.6 Å². The van der Waals surface area contributed by atoms with E-state index in [1.807, 2.05) is 24.3 Å². The fourth-order valence-corrected chi connectivity index (χ4v) is 1.48. The van der Waals surface area contributed by atoms with Gasteiger partial charge in [0.2, 0.25) is 0 Å². The van der Waals surface area contributed by atoms with Crippen molar-refractivity contribution in [1.82, 2.24) is 0 Å². The van der Waals surface area contributed by atoms with Gasteiger partial charge in [0.25, 0.3) is 5.24 Å². The van der Waals surface area contributed by atoms with Crippen LogP contribution in [0.1, 0.15) is 10.6 Å². The zero-order chi connectivity index (χ0) is 11.5. The molecule has 0 aliphatic heterocycles. The molecule has 82 valence electrons. The molecule has 0 radical (unpaired) electrons. The summed E-state index contributed by atoms with van der Waals surface area (Å²) in [6, 6.07) is 10.6. The second kappa shape index (κ2) is 4.41. The minimum atomic E-state index is -0.603. The van der Waals surface area contributed by atoms with Crippen LogP contribution in [-0.4, -0.2) is 12.4 Å². The van der Waals surface area contributed by atoms with Gasteiger partial charge >= 0.3 is 0 Å². The van der Waals surface area contributed by atoms with Gasteiger partial charge in [0, 0.05) is 5.56 Å². The number of hydrogen-bond acceptors (Lipinski definition) is 3. The maximum Gasteiger partial charge on any atom is 0.287 e. The lowest BCUT2D eigenvalue weighted by Gasteiger charge is -2.01. The summed E-state index contributed by atoms with van der Waals surface area (Å²) in [5.41, 5.74) is 0.837. The van der Waals surface area contributed by atoms with E-state index in [2.05, 4.69) is 0 Å². The maximum atomic E-state index is 10.9. The first-order valence-corrected chi connectivity index (χ1v) is 5.02. The molecule has 0 aliphatic rings. The highest BCUT2D eigenvalue weighted by molar-refractivity contribution is 6.67. The number of benzene rings is 1. The van der Waals surface area contributed by atoms with Gasteiger partial charge in [-0.25, -0.2) is 0 Å². The SMILES string of the molecule is COc1cccc(-c2ccc(C(=O)Cl)o2)c1. The smallest absolute Gasteiger partial charge is 0.287 e. The van der Waals surface area contributed by atoms with Crippen molar-refractivity contribution in [2.45, 2.75) is 0 Å². The molecule has 16 heavy (non-hydrogen) atoms. The minimum Gasteiger partial charge on any atom is -0.497 e. The fraction of sp³-hybridized carbons (Fsp3) is 0.0833. The van der Waals surface area contributed by atoms with Gasteiger partial charge in [0.05, 0.1) is 7.11 Å². The van der Waals surface area contributed by atoms with E-state index in [1.54, 1.807) is 19.2 Å². The molecule has 0 bridgehead atoms. The Kier molecular flexibility index (Phi) is 2.97. The summed E-state index contributed by atoms with van der Waals surface area (Å²) < 4.78 is 10.4. The molecule has 4 heteroatoms. The molecule has 0 saturated heterocycles. The molecule has 3 nitrogen and oxygen atoms in total. The number of furan rings is 1. The Hall–Kier alpha value is -1.74. The molecule has 0 unspecified atom stereocenters. The van der Waals surface area contributed by atoms with Crippen molar-refractivity contribution < 1.29 is 13.9 Å². The second-order valence-corrected chi connectivity index (χ2v) is 3.51. The number of rotatable bonds is 3. The van der Waals surface area contributed by atoms with Gasteiger partial charge in [-0.3, -0.25) is 4.79 Å². The van der Waals surface area contributed by atoms with Crippen LogP contribution in [0.2, 0.25) is 0 Å². The lowest BCUT2D eigenvalue weighted by Crippen LogP contribution is -1.83. The maximum absolute atomic E-state index is 10.9. The zero-order valence-electron chi connectivity index (χ0n) is 8.57. The van der Waals surface area contributed by atoms with Crippen molar-refractivity contribution in [2.24, 2.45) is 0 Å². The molecule has 1 aromatic heterocycles. The molecular weight excluding hydrogens is 228 g/mol. The van der Waals surface area contributed by atoms with Gasteiger partial charge in [-0.2, -0.15) is 0 Å². The highest BCUT2D eigenvalue weighted by Gasteiger charge is 2.09. The largest absolute Gasteiger partial charge is 0.497 e. The highest BCUT2D eigenvalue weighted by atomic mass is 35.5. The molecule has 0 amide bonds. The summed E-state index contributed by atoms with van der Waals surface area (Å²) in [7, 11) is 1.59. The van der Waals surface area contributed by atoms with E-state index >= 15 is 0 Å². The van der Waals surface area contributed by atoms with E-state index in [1.165, 1.54) is 0 Å². The third-order valence-corrected chi connectivity index (χ3v) is 2.34. The van der Waals surface area contributed by atoms with E-state index < -0.39 is 5.24 Å². The van der Waals surface area contributed by atoms with Crippen LogP contribution in [0.5, 0.6) is 5.75 Å². The molecule has 0 fully saturated rings. The monoisotopic (exact) mass is 236 g/mol. The van der Waals surface area contributed by atoms with Crippen LogP contribution in [-0.2, 0) is 0 Å². The lowest BCUT2D eigenvalue weighted by molar-refractivity contribution is 0.105. The van der Waals surface area contributed by atoms with E-state index in [4.69, 9.17) is 20.8 Å². The van der Waals surface area contributed by atoms with Gasteiger partial charge in [-0.05, 0) is 35.9 Å². The van der Waals surface area contributed by atoms with E-state index in [0.29, 0.717) is 5.76 Å². The number of halogens is 1. The van der Waals surface area contributed by atoms with Crippen molar-refractivity contribution in [3.8, 4) is 17.1 Å². The number of methoxy groups -OCH3 is 1. The van der Waals surface area contributed by atoms with Gasteiger partial charge < -0.3 is 9.15 Å². The van der Waals surface area contributed by atoms with Crippen molar-refractivity contribution >= 4 is 16.8 Å². The molecule has 0 N–H and O–H groups in total. The quantitative estimate of drug-likeness (QED) is 0.768. The number of hydrogen-bond donors (Lipinski definition) is 0. The topological polar surface area (TPSA) is 39.4 Å². The summed E-state index contributed by atoms with van der Waals surface area (Å²) in [5.74, 6) is 1.45. The number of ether oxygens (including phenoxy) is 1. The third kappa shape index (κ3) is 2.09. The van der Waals surface area contributed by atoms with Crippen LogP contribution in [0.15, 0.2) is 40.8 Å². The number of carbonyl (C=O) groups excluding carboxylic acids is 1. The molecule has 0 saturated carbocycles. The van der Waals surface area contributed by atoms with Gasteiger partial charge in [0.1, 0.15) is 11.5 Å². The normalized spacial score (nSPS) is 10.1. The van der Waals surface area contributed by atoms with Crippen LogP contribution < -0.4 is 4.74 Å².